The smallest absolute Gasteiger partial charge is 0.131 e. The summed E-state index contributed by atoms with van der Waals surface area (Å²) in [5, 5.41) is 3.46. The Morgan fingerprint density at radius 3 is 2.70 bits per heavy atom. The van der Waals surface area contributed by atoms with Crippen molar-refractivity contribution in [3.05, 3.63) is 23.5 Å². The highest BCUT2D eigenvalue weighted by Gasteiger charge is 1.88. The minimum Gasteiger partial charge on any atom is -0.388 e. The summed E-state index contributed by atoms with van der Waals surface area (Å²) in [5.74, 6) is 0. The summed E-state index contributed by atoms with van der Waals surface area (Å²) in [7, 11) is 1.84. The molecule has 0 aromatic carbocycles. The van der Waals surface area contributed by atoms with Gasteiger partial charge >= 0.3 is 0 Å². The van der Waals surface area contributed by atoms with E-state index in [4.69, 9.17) is 11.6 Å². The van der Waals surface area contributed by atoms with E-state index in [0.29, 0.717) is 5.15 Å². The van der Waals surface area contributed by atoms with Gasteiger partial charge in [-0.2, -0.15) is 0 Å². The Balaban J connectivity index is 0.000000810. The number of hydrogen-bond acceptors (Lipinski definition) is 2. The van der Waals surface area contributed by atoms with Gasteiger partial charge in [0.05, 0.1) is 0 Å². The van der Waals surface area contributed by atoms with Gasteiger partial charge in [-0.05, 0) is 12.1 Å². The van der Waals surface area contributed by atoms with Crippen molar-refractivity contribution in [2.24, 2.45) is 0 Å². The van der Waals surface area contributed by atoms with Crippen LogP contribution in [0.3, 0.4) is 0 Å². The highest BCUT2D eigenvalue weighted by atomic mass is 35.5. The molecule has 0 radical (unpaired) electrons. The summed E-state index contributed by atoms with van der Waals surface area (Å²) in [5.41, 5.74) is 0.981. The van der Waals surface area contributed by atoms with Gasteiger partial charge in [-0.15, -0.1) is 12.4 Å². The van der Waals surface area contributed by atoms with Gasteiger partial charge in [-0.25, -0.2) is 4.98 Å². The SMILES string of the molecule is CNc1ccnc(Cl)c1.Cl. The van der Waals surface area contributed by atoms with E-state index < -0.39 is 0 Å². The van der Waals surface area contributed by atoms with E-state index in [0.717, 1.165) is 5.69 Å². The van der Waals surface area contributed by atoms with Crippen molar-refractivity contribution in [1.29, 1.82) is 0 Å². The molecule has 0 amide bonds. The minimum atomic E-state index is 0. The van der Waals surface area contributed by atoms with Crippen LogP contribution in [0.1, 0.15) is 0 Å². The molecule has 4 heteroatoms. The third kappa shape index (κ3) is 2.42. The Labute approximate surface area is 71.0 Å². The zero-order chi connectivity index (χ0) is 6.69. The first-order valence-electron chi connectivity index (χ1n) is 2.62. The maximum absolute atomic E-state index is 5.57. The van der Waals surface area contributed by atoms with E-state index in [-0.39, 0.29) is 12.4 Å². The van der Waals surface area contributed by atoms with Gasteiger partial charge < -0.3 is 5.32 Å². The van der Waals surface area contributed by atoms with Crippen molar-refractivity contribution in [3.63, 3.8) is 0 Å². The van der Waals surface area contributed by atoms with Crippen LogP contribution in [0.2, 0.25) is 5.15 Å². The van der Waals surface area contributed by atoms with Crippen LogP contribution in [-0.2, 0) is 0 Å². The average molecular weight is 179 g/mol. The molecule has 0 aliphatic carbocycles. The van der Waals surface area contributed by atoms with Gasteiger partial charge in [-0.1, -0.05) is 11.6 Å². The Morgan fingerprint density at radius 2 is 2.30 bits per heavy atom. The molecule has 1 aromatic rings. The fourth-order valence-electron chi connectivity index (χ4n) is 0.558. The topological polar surface area (TPSA) is 24.9 Å². The van der Waals surface area contributed by atoms with Crippen molar-refractivity contribution in [1.82, 2.24) is 4.98 Å². The fourth-order valence-corrected chi connectivity index (χ4v) is 0.732. The van der Waals surface area contributed by atoms with E-state index in [1.54, 1.807) is 12.3 Å². The quantitative estimate of drug-likeness (QED) is 0.668. The van der Waals surface area contributed by atoms with E-state index in [1.807, 2.05) is 13.1 Å². The summed E-state index contributed by atoms with van der Waals surface area (Å²) < 4.78 is 0. The van der Waals surface area contributed by atoms with E-state index in [9.17, 15) is 0 Å². The van der Waals surface area contributed by atoms with Crippen molar-refractivity contribution in [2.45, 2.75) is 0 Å². The molecule has 56 valence electrons. The molecule has 2 nitrogen and oxygen atoms in total. The number of halogens is 2. The van der Waals surface area contributed by atoms with Crippen molar-refractivity contribution >= 4 is 29.7 Å². The Kier molecular flexibility index (Phi) is 4.16. The molecule has 0 bridgehead atoms. The molecule has 0 aliphatic heterocycles. The van der Waals surface area contributed by atoms with Crippen LogP contribution < -0.4 is 5.32 Å². The first kappa shape index (κ1) is 9.53. The molecular weight excluding hydrogens is 171 g/mol. The third-order valence-electron chi connectivity index (χ3n) is 1.02. The van der Waals surface area contributed by atoms with Gasteiger partial charge in [0, 0.05) is 18.9 Å². The number of anilines is 1. The minimum absolute atomic E-state index is 0. The molecule has 1 aromatic heterocycles. The van der Waals surface area contributed by atoms with Crippen LogP contribution in [0.25, 0.3) is 0 Å². The Morgan fingerprint density at radius 1 is 1.60 bits per heavy atom. The van der Waals surface area contributed by atoms with Crippen molar-refractivity contribution < 1.29 is 0 Å². The van der Waals surface area contributed by atoms with E-state index >= 15 is 0 Å². The predicted octanol–water partition coefficient (Wildman–Crippen LogP) is 2.20. The molecule has 0 saturated heterocycles. The molecule has 1 rings (SSSR count). The zero-order valence-corrected chi connectivity index (χ0v) is 7.04. The second-order valence-corrected chi connectivity index (χ2v) is 2.00. The standard InChI is InChI=1S/C6H7ClN2.ClH/c1-8-5-2-3-9-6(7)4-5;/h2-4H,1H3,(H,8,9);1H. The molecule has 0 spiro atoms. The van der Waals surface area contributed by atoms with Crippen LogP contribution in [-0.4, -0.2) is 12.0 Å². The average Bonchev–Trinajstić information content (AvgIpc) is 1.88. The molecule has 0 fully saturated rings. The van der Waals surface area contributed by atoms with Gasteiger partial charge in [0.15, 0.2) is 0 Å². The van der Waals surface area contributed by atoms with Crippen molar-refractivity contribution in [2.75, 3.05) is 12.4 Å². The summed E-state index contributed by atoms with van der Waals surface area (Å²) in [6, 6.07) is 3.62. The van der Waals surface area contributed by atoms with Gasteiger partial charge in [0.25, 0.3) is 0 Å². The number of nitrogens with zero attached hydrogens (tertiary/aromatic N) is 1. The molecule has 0 aliphatic rings. The summed E-state index contributed by atoms with van der Waals surface area (Å²) in [6.45, 7) is 0. The largest absolute Gasteiger partial charge is 0.388 e. The van der Waals surface area contributed by atoms with Gasteiger partial charge in [0.1, 0.15) is 5.15 Å². The van der Waals surface area contributed by atoms with Crippen LogP contribution >= 0.6 is 24.0 Å². The summed E-state index contributed by atoms with van der Waals surface area (Å²) in [6.07, 6.45) is 1.66. The first-order valence-corrected chi connectivity index (χ1v) is 3.00. The molecule has 0 saturated carbocycles. The number of pyridine rings is 1. The molecule has 0 unspecified atom stereocenters. The summed E-state index contributed by atoms with van der Waals surface area (Å²) >= 11 is 5.57. The first-order chi connectivity index (χ1) is 4.33. The predicted molar refractivity (Wildman–Crippen MR) is 46.0 cm³/mol. The number of nitrogens with one attached hydrogen (secondary N) is 1. The lowest BCUT2D eigenvalue weighted by Gasteiger charge is -1.96. The Hall–Kier alpha value is -0.470. The number of hydrogen-bond donors (Lipinski definition) is 1. The second-order valence-electron chi connectivity index (χ2n) is 1.62. The van der Waals surface area contributed by atoms with Crippen LogP contribution in [0.15, 0.2) is 18.3 Å². The maximum atomic E-state index is 5.57. The monoisotopic (exact) mass is 178 g/mol. The molecule has 0 atom stereocenters. The van der Waals surface area contributed by atoms with Gasteiger partial charge in [0.2, 0.25) is 0 Å². The molecular formula is C6H8Cl2N2. The van der Waals surface area contributed by atoms with Crippen LogP contribution in [0, 0.1) is 0 Å². The van der Waals surface area contributed by atoms with E-state index in [1.165, 1.54) is 0 Å². The fraction of sp³-hybridized carbons (Fsp3) is 0.167. The lowest BCUT2D eigenvalue weighted by molar-refractivity contribution is 1.32. The lowest BCUT2D eigenvalue weighted by atomic mass is 10.4. The maximum Gasteiger partial charge on any atom is 0.131 e. The van der Waals surface area contributed by atoms with Crippen LogP contribution in [0.4, 0.5) is 5.69 Å². The van der Waals surface area contributed by atoms with Gasteiger partial charge in [-0.3, -0.25) is 0 Å². The Bertz CT molecular complexity index is 203. The molecule has 10 heavy (non-hydrogen) atoms. The highest BCUT2D eigenvalue weighted by molar-refractivity contribution is 6.29. The second kappa shape index (κ2) is 4.36. The molecule has 1 N–H and O–H groups in total. The van der Waals surface area contributed by atoms with Crippen LogP contribution in [0.5, 0.6) is 0 Å². The van der Waals surface area contributed by atoms with Crippen molar-refractivity contribution in [3.8, 4) is 0 Å². The lowest BCUT2D eigenvalue weighted by Crippen LogP contribution is -1.86. The summed E-state index contributed by atoms with van der Waals surface area (Å²) in [4.78, 5) is 3.81. The number of rotatable bonds is 1. The molecule has 1 heterocycles. The van der Waals surface area contributed by atoms with E-state index in [2.05, 4.69) is 10.3 Å². The normalized spacial score (nSPS) is 8.20. The highest BCUT2D eigenvalue weighted by Crippen LogP contribution is 2.09. The number of aromatic nitrogens is 1. The zero-order valence-electron chi connectivity index (χ0n) is 5.47. The third-order valence-corrected chi connectivity index (χ3v) is 1.22.